The second kappa shape index (κ2) is 6.23. The van der Waals surface area contributed by atoms with Gasteiger partial charge in [-0.25, -0.2) is 8.42 Å². The Morgan fingerprint density at radius 1 is 1.14 bits per heavy atom. The Bertz CT molecular complexity index is 776. The minimum atomic E-state index is -3.79. The molecule has 0 aliphatic rings. The van der Waals surface area contributed by atoms with Gasteiger partial charge in [-0.1, -0.05) is 29.3 Å². The molecule has 0 aromatic heterocycles. The summed E-state index contributed by atoms with van der Waals surface area (Å²) >= 11 is 11.7. The summed E-state index contributed by atoms with van der Waals surface area (Å²) in [5.74, 6) is 0. The van der Waals surface area contributed by atoms with Crippen molar-refractivity contribution in [2.45, 2.75) is 18.4 Å². The molecule has 0 unspecified atom stereocenters. The van der Waals surface area contributed by atoms with Crippen molar-refractivity contribution >= 4 is 38.9 Å². The molecule has 4 nitrogen and oxygen atoms in total. The van der Waals surface area contributed by atoms with E-state index < -0.39 is 10.0 Å². The van der Waals surface area contributed by atoms with Crippen LogP contribution in [0.2, 0.25) is 10.0 Å². The molecule has 2 rings (SSSR count). The van der Waals surface area contributed by atoms with Crippen LogP contribution in [0.15, 0.2) is 41.3 Å². The molecule has 0 saturated carbocycles. The van der Waals surface area contributed by atoms with Crippen molar-refractivity contribution in [3.05, 3.63) is 57.6 Å². The van der Waals surface area contributed by atoms with Crippen LogP contribution in [0.4, 0.5) is 5.69 Å². The first-order chi connectivity index (χ1) is 9.83. The van der Waals surface area contributed by atoms with Gasteiger partial charge in [0.25, 0.3) is 10.0 Å². The molecule has 0 spiro atoms. The first-order valence-electron chi connectivity index (χ1n) is 6.02. The molecule has 0 aliphatic carbocycles. The van der Waals surface area contributed by atoms with Gasteiger partial charge >= 0.3 is 0 Å². The predicted molar refractivity (Wildman–Crippen MR) is 84.4 cm³/mol. The summed E-state index contributed by atoms with van der Waals surface area (Å²) in [5.41, 5.74) is 1.62. The standard InChI is InChI=1S/C14H13Cl2NO3S/c1-9-2-4-12(6-10(9)8-18)21(19,20)17-14-5-3-11(15)7-13(14)16/h2-7,17-18H,8H2,1H3. The Balaban J connectivity index is 2.38. The SMILES string of the molecule is Cc1ccc(S(=O)(=O)Nc2ccc(Cl)cc2Cl)cc1CO. The Morgan fingerprint density at radius 3 is 2.48 bits per heavy atom. The zero-order chi connectivity index (χ0) is 15.6. The van der Waals surface area contributed by atoms with Gasteiger partial charge in [0.05, 0.1) is 22.2 Å². The molecule has 0 amide bonds. The Labute approximate surface area is 133 Å². The number of hydrogen-bond acceptors (Lipinski definition) is 3. The van der Waals surface area contributed by atoms with Crippen LogP contribution < -0.4 is 4.72 Å². The molecular weight excluding hydrogens is 333 g/mol. The number of anilines is 1. The highest BCUT2D eigenvalue weighted by Gasteiger charge is 2.17. The largest absolute Gasteiger partial charge is 0.392 e. The van der Waals surface area contributed by atoms with Gasteiger partial charge in [-0.15, -0.1) is 0 Å². The third-order valence-electron chi connectivity index (χ3n) is 2.98. The molecule has 0 bridgehead atoms. The van der Waals surface area contributed by atoms with E-state index in [1.54, 1.807) is 19.1 Å². The van der Waals surface area contributed by atoms with Gasteiger partial charge in [0.2, 0.25) is 0 Å². The van der Waals surface area contributed by atoms with E-state index in [0.29, 0.717) is 10.6 Å². The van der Waals surface area contributed by atoms with Crippen LogP contribution in [0.1, 0.15) is 11.1 Å². The van der Waals surface area contributed by atoms with E-state index in [0.717, 1.165) is 5.56 Å². The molecule has 112 valence electrons. The minimum Gasteiger partial charge on any atom is -0.392 e. The normalized spacial score (nSPS) is 11.4. The summed E-state index contributed by atoms with van der Waals surface area (Å²) in [4.78, 5) is 0.0585. The Kier molecular flexibility index (Phi) is 4.78. The van der Waals surface area contributed by atoms with Crippen LogP contribution in [0.25, 0.3) is 0 Å². The molecule has 21 heavy (non-hydrogen) atoms. The smallest absolute Gasteiger partial charge is 0.261 e. The molecule has 0 saturated heterocycles. The number of nitrogens with one attached hydrogen (secondary N) is 1. The highest BCUT2D eigenvalue weighted by Crippen LogP contribution is 2.28. The minimum absolute atomic E-state index is 0.0585. The Morgan fingerprint density at radius 2 is 1.86 bits per heavy atom. The van der Waals surface area contributed by atoms with Gasteiger partial charge in [-0.2, -0.15) is 0 Å². The molecule has 0 heterocycles. The highest BCUT2D eigenvalue weighted by molar-refractivity contribution is 7.92. The lowest BCUT2D eigenvalue weighted by Crippen LogP contribution is -2.13. The molecular formula is C14H13Cl2NO3S. The van der Waals surface area contributed by atoms with E-state index in [4.69, 9.17) is 23.2 Å². The van der Waals surface area contributed by atoms with E-state index in [-0.39, 0.29) is 22.2 Å². The molecule has 2 aromatic carbocycles. The quantitative estimate of drug-likeness (QED) is 0.889. The van der Waals surface area contributed by atoms with E-state index in [2.05, 4.69) is 4.72 Å². The fraction of sp³-hybridized carbons (Fsp3) is 0.143. The Hall–Kier alpha value is -1.27. The average Bonchev–Trinajstić information content (AvgIpc) is 2.42. The van der Waals surface area contributed by atoms with E-state index in [9.17, 15) is 13.5 Å². The van der Waals surface area contributed by atoms with Gasteiger partial charge in [0.1, 0.15) is 0 Å². The summed E-state index contributed by atoms with van der Waals surface area (Å²) in [6.07, 6.45) is 0. The summed E-state index contributed by atoms with van der Waals surface area (Å²) in [6.45, 7) is 1.57. The fourth-order valence-electron chi connectivity index (χ4n) is 1.76. The molecule has 2 aromatic rings. The number of aliphatic hydroxyl groups is 1. The molecule has 0 fully saturated rings. The maximum atomic E-state index is 12.3. The summed E-state index contributed by atoms with van der Waals surface area (Å²) in [7, 11) is -3.79. The maximum absolute atomic E-state index is 12.3. The average molecular weight is 346 g/mol. The van der Waals surface area contributed by atoms with Crippen LogP contribution in [-0.2, 0) is 16.6 Å². The number of hydrogen-bond donors (Lipinski definition) is 2. The molecule has 0 aliphatic heterocycles. The lowest BCUT2D eigenvalue weighted by Gasteiger charge is -2.11. The van der Waals surface area contributed by atoms with Crippen molar-refractivity contribution in [2.24, 2.45) is 0 Å². The summed E-state index contributed by atoms with van der Waals surface area (Å²) in [6, 6.07) is 9.03. The van der Waals surface area contributed by atoms with Crippen LogP contribution in [0, 0.1) is 6.92 Å². The second-order valence-corrected chi connectivity index (χ2v) is 7.00. The third-order valence-corrected chi connectivity index (χ3v) is 4.89. The second-order valence-electron chi connectivity index (χ2n) is 4.48. The van der Waals surface area contributed by atoms with Gasteiger partial charge in [-0.3, -0.25) is 4.72 Å². The predicted octanol–water partition coefficient (Wildman–Crippen LogP) is 3.59. The van der Waals surface area contributed by atoms with E-state index >= 15 is 0 Å². The summed E-state index contributed by atoms with van der Waals surface area (Å²) in [5, 5.41) is 9.85. The lowest BCUT2D eigenvalue weighted by molar-refractivity contribution is 0.281. The molecule has 0 atom stereocenters. The first kappa shape index (κ1) is 16.1. The highest BCUT2D eigenvalue weighted by atomic mass is 35.5. The fourth-order valence-corrected chi connectivity index (χ4v) is 3.40. The third kappa shape index (κ3) is 3.68. The van der Waals surface area contributed by atoms with Crippen LogP contribution in [-0.4, -0.2) is 13.5 Å². The summed E-state index contributed by atoms with van der Waals surface area (Å²) < 4.78 is 27.1. The monoisotopic (exact) mass is 345 g/mol. The molecule has 2 N–H and O–H groups in total. The van der Waals surface area contributed by atoms with Crippen molar-refractivity contribution in [2.75, 3.05) is 4.72 Å². The number of rotatable bonds is 4. The first-order valence-corrected chi connectivity index (χ1v) is 8.25. The van der Waals surface area contributed by atoms with Crippen molar-refractivity contribution in [1.29, 1.82) is 0 Å². The van der Waals surface area contributed by atoms with Crippen molar-refractivity contribution in [1.82, 2.24) is 0 Å². The van der Waals surface area contributed by atoms with Crippen molar-refractivity contribution in [3.8, 4) is 0 Å². The van der Waals surface area contributed by atoms with Gasteiger partial charge in [0, 0.05) is 5.02 Å². The number of aliphatic hydroxyl groups excluding tert-OH is 1. The zero-order valence-corrected chi connectivity index (χ0v) is 13.4. The van der Waals surface area contributed by atoms with Gasteiger partial charge in [0.15, 0.2) is 0 Å². The van der Waals surface area contributed by atoms with Gasteiger partial charge in [-0.05, 0) is 48.4 Å². The van der Waals surface area contributed by atoms with Crippen molar-refractivity contribution < 1.29 is 13.5 Å². The van der Waals surface area contributed by atoms with Crippen LogP contribution >= 0.6 is 23.2 Å². The topological polar surface area (TPSA) is 66.4 Å². The maximum Gasteiger partial charge on any atom is 0.261 e. The van der Waals surface area contributed by atoms with E-state index in [1.807, 2.05) is 0 Å². The number of aryl methyl sites for hydroxylation is 1. The van der Waals surface area contributed by atoms with E-state index in [1.165, 1.54) is 24.3 Å². The number of benzene rings is 2. The van der Waals surface area contributed by atoms with Gasteiger partial charge < -0.3 is 5.11 Å². The number of sulfonamides is 1. The number of halogens is 2. The van der Waals surface area contributed by atoms with Crippen LogP contribution in [0.5, 0.6) is 0 Å². The van der Waals surface area contributed by atoms with Crippen LogP contribution in [0.3, 0.4) is 0 Å². The zero-order valence-electron chi connectivity index (χ0n) is 11.1. The molecule has 7 heteroatoms. The van der Waals surface area contributed by atoms with Crippen molar-refractivity contribution in [3.63, 3.8) is 0 Å². The lowest BCUT2D eigenvalue weighted by atomic mass is 10.1. The molecule has 0 radical (unpaired) electrons.